The fourth-order valence-electron chi connectivity index (χ4n) is 11.6. The Morgan fingerprint density at radius 3 is 0.838 bits per heavy atom. The molecule has 0 atom stereocenters. The number of aromatic nitrogens is 2. The van der Waals surface area contributed by atoms with Gasteiger partial charge in [0.05, 0.1) is 41.9 Å². The van der Waals surface area contributed by atoms with Gasteiger partial charge in [0.15, 0.2) is 0 Å². The van der Waals surface area contributed by atoms with Crippen molar-refractivity contribution in [2.24, 2.45) is 0 Å². The molecule has 0 bridgehead atoms. The highest BCUT2D eigenvalue weighted by Gasteiger charge is 2.27. The van der Waals surface area contributed by atoms with E-state index in [-0.39, 0.29) is 0 Å². The summed E-state index contributed by atoms with van der Waals surface area (Å²) in [5, 5.41) is 2.27. The molecule has 2 nitrogen and oxygen atoms in total. The van der Waals surface area contributed by atoms with E-state index in [9.17, 15) is 0 Å². The number of benzene rings is 1. The first-order valence-electron chi connectivity index (χ1n) is 30.7. The predicted octanol–water partition coefficient (Wildman–Crippen LogP) is 23.9. The number of nitrogens with zero attached hydrogens (tertiary/aromatic N) is 2. The van der Waals surface area contributed by atoms with E-state index < -0.39 is 0 Å². The van der Waals surface area contributed by atoms with E-state index in [1.807, 2.05) is 68.0 Å². The van der Waals surface area contributed by atoms with Crippen LogP contribution in [-0.2, 0) is 51.4 Å². The molecule has 8 heteroatoms. The van der Waals surface area contributed by atoms with Gasteiger partial charge in [0.1, 0.15) is 0 Å². The van der Waals surface area contributed by atoms with Crippen LogP contribution in [-0.4, -0.2) is 9.97 Å². The molecule has 8 aromatic heterocycles. The van der Waals surface area contributed by atoms with Crippen LogP contribution in [0, 0.1) is 24.7 Å². The van der Waals surface area contributed by atoms with Crippen LogP contribution in [0.3, 0.4) is 0 Å². The highest BCUT2D eigenvalue weighted by molar-refractivity contribution is 7.28. The lowest BCUT2D eigenvalue weighted by Crippen LogP contribution is -1.96. The Morgan fingerprint density at radius 1 is 0.300 bits per heavy atom. The van der Waals surface area contributed by atoms with Gasteiger partial charge in [0, 0.05) is 49.8 Å². The van der Waals surface area contributed by atoms with Crippen LogP contribution >= 0.6 is 68.0 Å². The highest BCUT2D eigenvalue weighted by Crippen LogP contribution is 2.51. The molecule has 80 heavy (non-hydrogen) atoms. The van der Waals surface area contributed by atoms with Gasteiger partial charge < -0.3 is 0 Å². The molecule has 0 amide bonds. The molecule has 8 heterocycles. The molecule has 0 aliphatic rings. The van der Waals surface area contributed by atoms with E-state index in [2.05, 4.69) is 128 Å². The molecular formula is C72H84N2S6. The van der Waals surface area contributed by atoms with E-state index in [0.29, 0.717) is 0 Å². The molecule has 0 saturated heterocycles. The van der Waals surface area contributed by atoms with Crippen molar-refractivity contribution in [3.8, 4) is 84.8 Å². The number of hydrogen-bond acceptors (Lipinski definition) is 8. The Labute approximate surface area is 505 Å². The second-order valence-electron chi connectivity index (χ2n) is 21.9. The number of terminal acetylenes is 2. The van der Waals surface area contributed by atoms with Gasteiger partial charge in [0.2, 0.25) is 0 Å². The Bertz CT molecular complexity index is 3360. The number of unbranched alkanes of at least 4 members (excludes halogenated alkanes) is 8. The van der Waals surface area contributed by atoms with E-state index in [0.717, 1.165) is 133 Å². The van der Waals surface area contributed by atoms with Crippen LogP contribution in [0.25, 0.3) is 82.0 Å². The summed E-state index contributed by atoms with van der Waals surface area (Å²) in [7, 11) is 0. The third-order valence-corrected chi connectivity index (χ3v) is 24.0. The lowest BCUT2D eigenvalue weighted by atomic mass is 9.96. The predicted molar refractivity (Wildman–Crippen MR) is 362 cm³/mol. The zero-order chi connectivity index (χ0) is 56.1. The van der Waals surface area contributed by atoms with Gasteiger partial charge in [-0.2, -0.15) is 0 Å². The smallest absolute Gasteiger partial charge is 0.0972 e. The molecule has 0 aliphatic carbocycles. The fraction of sp³-hybridized carbons (Fsp3) is 0.444. The zero-order valence-electron chi connectivity index (χ0n) is 49.2. The summed E-state index contributed by atoms with van der Waals surface area (Å²) in [5.41, 5.74) is 16.1. The van der Waals surface area contributed by atoms with Crippen LogP contribution in [0.4, 0.5) is 0 Å². The lowest BCUT2D eigenvalue weighted by molar-refractivity contribution is 0.762. The number of hydrogen-bond donors (Lipinski definition) is 0. The van der Waals surface area contributed by atoms with Gasteiger partial charge in [-0.1, -0.05) is 143 Å². The third-order valence-electron chi connectivity index (χ3n) is 16.1. The monoisotopic (exact) mass is 1170 g/mol. The molecule has 0 aliphatic heterocycles. The maximum atomic E-state index is 6.25. The van der Waals surface area contributed by atoms with Crippen molar-refractivity contribution < 1.29 is 0 Å². The molecule has 418 valence electrons. The Balaban J connectivity index is 1.16. The standard InChI is InChI=1S/C72H84N2S6/c1-11-21-29-49-51(31-23-13-3)69(77-59(49)19-9)61-43-45-63(75-61)71-55(35-27-17-7)53(33-25-15-5)67(79-71)57-41-39-47-37-38-48-40-42-58(74-66(48)65(47)73-57)68-54(34-26-16-6)56(36-28-18-8)72(80-68)64-46-44-62(76-64)70-52(32-24-14-4)50(30-22-12-2)60(20-10)78-70/h9-10,37-46H,11-18,21-36H2,1-8H3. The van der Waals surface area contributed by atoms with Gasteiger partial charge in [-0.05, 0) is 184 Å². The summed E-state index contributed by atoms with van der Waals surface area (Å²) >= 11 is 11.6. The van der Waals surface area contributed by atoms with E-state index in [4.69, 9.17) is 22.8 Å². The van der Waals surface area contributed by atoms with Gasteiger partial charge in [-0.15, -0.1) is 80.9 Å². The minimum absolute atomic E-state index is 0.993. The molecule has 0 radical (unpaired) electrons. The Hall–Kier alpha value is -4.64. The second-order valence-corrected chi connectivity index (χ2v) is 28.2. The van der Waals surface area contributed by atoms with Gasteiger partial charge >= 0.3 is 0 Å². The normalized spacial score (nSPS) is 11.7. The summed E-state index contributed by atoms with van der Waals surface area (Å²) in [6, 6.07) is 23.3. The van der Waals surface area contributed by atoms with Gasteiger partial charge in [0.25, 0.3) is 0 Å². The molecule has 0 unspecified atom stereocenters. The maximum Gasteiger partial charge on any atom is 0.0972 e. The minimum atomic E-state index is 0.993. The van der Waals surface area contributed by atoms with Crippen molar-refractivity contribution in [1.82, 2.24) is 9.97 Å². The summed E-state index contributed by atoms with van der Waals surface area (Å²) in [6.45, 7) is 18.5. The van der Waals surface area contributed by atoms with Crippen molar-refractivity contribution >= 4 is 89.8 Å². The SMILES string of the molecule is C#Cc1sc(-c2ccc(-c3sc(-c4ccc5ccc6ccc(-c7sc(-c8ccc(-c9sc(C#C)c(CCCC)c9CCCC)s8)c(CCCC)c7CCCC)nc6c5n4)c(CCCC)c3CCCC)s2)c(CCCC)c1CCCC. The zero-order valence-corrected chi connectivity index (χ0v) is 54.1. The largest absolute Gasteiger partial charge is 0.245 e. The molecule has 9 aromatic rings. The first-order chi connectivity index (χ1) is 39.3. The van der Waals surface area contributed by atoms with Crippen LogP contribution < -0.4 is 0 Å². The quantitative estimate of drug-likeness (QED) is 0.0331. The average molecular weight is 1170 g/mol. The maximum absolute atomic E-state index is 6.25. The number of rotatable bonds is 30. The Morgan fingerprint density at radius 2 is 0.550 bits per heavy atom. The summed E-state index contributed by atoms with van der Waals surface area (Å²) in [6.07, 6.45) is 39.8. The Kier molecular flexibility index (Phi) is 21.8. The number of thiophene rings is 6. The molecule has 9 rings (SSSR count). The van der Waals surface area contributed by atoms with E-state index >= 15 is 0 Å². The van der Waals surface area contributed by atoms with Gasteiger partial charge in [-0.25, -0.2) is 9.97 Å². The van der Waals surface area contributed by atoms with E-state index in [1.54, 1.807) is 0 Å². The summed E-state index contributed by atoms with van der Waals surface area (Å²) in [4.78, 5) is 27.5. The van der Waals surface area contributed by atoms with Crippen LogP contribution in [0.5, 0.6) is 0 Å². The van der Waals surface area contributed by atoms with Crippen LogP contribution in [0.15, 0.2) is 60.7 Å². The second kappa shape index (κ2) is 29.1. The first-order valence-corrected chi connectivity index (χ1v) is 35.6. The van der Waals surface area contributed by atoms with E-state index in [1.165, 1.54) is 157 Å². The van der Waals surface area contributed by atoms with Crippen molar-refractivity contribution in [2.75, 3.05) is 0 Å². The molecule has 0 spiro atoms. The molecule has 0 fully saturated rings. The van der Waals surface area contributed by atoms with Gasteiger partial charge in [-0.3, -0.25) is 0 Å². The fourth-order valence-corrected chi connectivity index (χ4v) is 19.3. The summed E-state index contributed by atoms with van der Waals surface area (Å²) in [5.74, 6) is 6.24. The summed E-state index contributed by atoms with van der Waals surface area (Å²) < 4.78 is 0. The molecular weight excluding hydrogens is 1090 g/mol. The lowest BCUT2D eigenvalue weighted by Gasteiger charge is -2.11. The molecule has 0 N–H and O–H groups in total. The third kappa shape index (κ3) is 12.9. The first kappa shape index (κ1) is 60.0. The number of pyridine rings is 2. The van der Waals surface area contributed by atoms with Crippen LogP contribution in [0.2, 0.25) is 0 Å². The van der Waals surface area contributed by atoms with Crippen LogP contribution in [0.1, 0.15) is 212 Å². The van der Waals surface area contributed by atoms with Crippen molar-refractivity contribution in [1.29, 1.82) is 0 Å². The number of fused-ring (bicyclic) bond motifs is 3. The van der Waals surface area contributed by atoms with Crippen molar-refractivity contribution in [3.63, 3.8) is 0 Å². The average Bonchev–Trinajstić information content (AvgIpc) is 4.46. The topological polar surface area (TPSA) is 25.8 Å². The molecule has 0 saturated carbocycles. The minimum Gasteiger partial charge on any atom is -0.245 e. The molecule has 1 aromatic carbocycles. The van der Waals surface area contributed by atoms with Crippen molar-refractivity contribution in [3.05, 3.63) is 115 Å². The highest BCUT2D eigenvalue weighted by atomic mass is 32.1. The van der Waals surface area contributed by atoms with Crippen molar-refractivity contribution in [2.45, 2.75) is 209 Å².